The Hall–Kier alpha value is -2.15. The van der Waals surface area contributed by atoms with Crippen LogP contribution in [0, 0.1) is 11.3 Å². The second kappa shape index (κ2) is 9.37. The molecule has 0 bridgehead atoms. The Bertz CT molecular complexity index is 702. The van der Waals surface area contributed by atoms with Gasteiger partial charge >= 0.3 is 0 Å². The molecular formula is C21H32N4O2S. The van der Waals surface area contributed by atoms with Crippen molar-refractivity contribution in [2.24, 2.45) is 11.3 Å². The van der Waals surface area contributed by atoms with Gasteiger partial charge in [0, 0.05) is 49.4 Å². The van der Waals surface area contributed by atoms with Gasteiger partial charge in [-0.2, -0.15) is 0 Å². The SMILES string of the molecule is CC(C)CC(=O)NC(=S)Nc1ccc(N2CCN(C(=O)C(C)(C)C)CC2)cc1. The van der Waals surface area contributed by atoms with Crippen molar-refractivity contribution in [3.63, 3.8) is 0 Å². The van der Waals surface area contributed by atoms with Gasteiger partial charge in [-0.25, -0.2) is 0 Å². The molecule has 2 amide bonds. The summed E-state index contributed by atoms with van der Waals surface area (Å²) in [5.41, 5.74) is 1.61. The molecule has 0 spiro atoms. The second-order valence-electron chi connectivity index (χ2n) is 8.68. The van der Waals surface area contributed by atoms with Crippen molar-refractivity contribution in [1.29, 1.82) is 0 Å². The molecule has 1 aliphatic rings. The summed E-state index contributed by atoms with van der Waals surface area (Å²) in [5, 5.41) is 6.05. The van der Waals surface area contributed by atoms with Gasteiger partial charge in [-0.05, 0) is 42.4 Å². The molecule has 1 fully saturated rings. The first kappa shape index (κ1) is 22.1. The van der Waals surface area contributed by atoms with E-state index in [-0.39, 0.29) is 17.2 Å². The fraction of sp³-hybridized carbons (Fsp3) is 0.571. The van der Waals surface area contributed by atoms with E-state index in [1.165, 1.54) is 0 Å². The Balaban J connectivity index is 1.85. The predicted octanol–water partition coefficient (Wildman–Crippen LogP) is 3.24. The van der Waals surface area contributed by atoms with E-state index in [0.29, 0.717) is 17.5 Å². The number of hydrogen-bond donors (Lipinski definition) is 2. The Morgan fingerprint density at radius 1 is 1.07 bits per heavy atom. The van der Waals surface area contributed by atoms with Gasteiger partial charge in [-0.15, -0.1) is 0 Å². The molecule has 2 rings (SSSR count). The Morgan fingerprint density at radius 2 is 1.64 bits per heavy atom. The number of nitrogens with one attached hydrogen (secondary N) is 2. The first-order valence-electron chi connectivity index (χ1n) is 9.81. The van der Waals surface area contributed by atoms with Crippen molar-refractivity contribution in [3.8, 4) is 0 Å². The van der Waals surface area contributed by atoms with Crippen molar-refractivity contribution in [3.05, 3.63) is 24.3 Å². The molecule has 1 heterocycles. The van der Waals surface area contributed by atoms with Gasteiger partial charge in [0.1, 0.15) is 0 Å². The zero-order valence-corrected chi connectivity index (χ0v) is 18.4. The van der Waals surface area contributed by atoms with Crippen molar-refractivity contribution in [1.82, 2.24) is 10.2 Å². The van der Waals surface area contributed by atoms with Gasteiger partial charge in [0.25, 0.3) is 0 Å². The molecule has 1 aliphatic heterocycles. The third-order valence-corrected chi connectivity index (χ3v) is 4.75. The van der Waals surface area contributed by atoms with E-state index in [9.17, 15) is 9.59 Å². The number of carbonyl (C=O) groups excluding carboxylic acids is 2. The number of benzene rings is 1. The van der Waals surface area contributed by atoms with E-state index >= 15 is 0 Å². The number of carbonyl (C=O) groups is 2. The number of nitrogens with zero attached hydrogens (tertiary/aromatic N) is 2. The molecule has 0 radical (unpaired) electrons. The van der Waals surface area contributed by atoms with Crippen LogP contribution in [0.15, 0.2) is 24.3 Å². The molecule has 0 aliphatic carbocycles. The van der Waals surface area contributed by atoms with Crippen LogP contribution >= 0.6 is 12.2 Å². The van der Waals surface area contributed by atoms with Crippen LogP contribution in [0.4, 0.5) is 11.4 Å². The van der Waals surface area contributed by atoms with Crippen molar-refractivity contribution in [2.75, 3.05) is 36.4 Å². The van der Waals surface area contributed by atoms with Crippen LogP contribution in [0.1, 0.15) is 41.0 Å². The Kier molecular flexibility index (Phi) is 7.41. The Morgan fingerprint density at radius 3 is 2.14 bits per heavy atom. The smallest absolute Gasteiger partial charge is 0.228 e. The van der Waals surface area contributed by atoms with E-state index in [4.69, 9.17) is 12.2 Å². The van der Waals surface area contributed by atoms with E-state index in [1.807, 2.05) is 63.8 Å². The van der Waals surface area contributed by atoms with Gasteiger partial charge in [-0.3, -0.25) is 9.59 Å². The molecule has 0 aromatic heterocycles. The normalized spacial score (nSPS) is 14.8. The fourth-order valence-corrected chi connectivity index (χ4v) is 3.34. The van der Waals surface area contributed by atoms with Crippen molar-refractivity contribution < 1.29 is 9.59 Å². The number of piperazine rings is 1. The average Bonchev–Trinajstić information content (AvgIpc) is 2.60. The zero-order valence-electron chi connectivity index (χ0n) is 17.5. The third kappa shape index (κ3) is 6.48. The molecule has 1 aromatic carbocycles. The summed E-state index contributed by atoms with van der Waals surface area (Å²) in [5.74, 6) is 0.424. The minimum absolute atomic E-state index is 0.0770. The van der Waals surface area contributed by atoms with E-state index in [2.05, 4.69) is 15.5 Å². The average molecular weight is 405 g/mol. The van der Waals surface area contributed by atoms with Crippen LogP contribution in [-0.2, 0) is 9.59 Å². The highest BCUT2D eigenvalue weighted by Gasteiger charge is 2.29. The highest BCUT2D eigenvalue weighted by atomic mass is 32.1. The molecule has 0 unspecified atom stereocenters. The molecule has 2 N–H and O–H groups in total. The molecule has 154 valence electrons. The van der Waals surface area contributed by atoms with Gasteiger partial charge < -0.3 is 20.4 Å². The van der Waals surface area contributed by atoms with Crippen LogP contribution in [0.3, 0.4) is 0 Å². The molecule has 0 atom stereocenters. The predicted molar refractivity (Wildman–Crippen MR) is 119 cm³/mol. The van der Waals surface area contributed by atoms with Crippen molar-refractivity contribution in [2.45, 2.75) is 41.0 Å². The zero-order chi connectivity index (χ0) is 20.9. The monoisotopic (exact) mass is 404 g/mol. The highest BCUT2D eigenvalue weighted by Crippen LogP contribution is 2.22. The topological polar surface area (TPSA) is 64.7 Å². The van der Waals surface area contributed by atoms with Gasteiger partial charge in [0.05, 0.1) is 0 Å². The maximum absolute atomic E-state index is 12.4. The summed E-state index contributed by atoms with van der Waals surface area (Å²) in [6, 6.07) is 7.95. The molecular weight excluding hydrogens is 372 g/mol. The lowest BCUT2D eigenvalue weighted by atomic mass is 9.94. The lowest BCUT2D eigenvalue weighted by molar-refractivity contribution is -0.139. The molecule has 0 saturated carbocycles. The lowest BCUT2D eigenvalue weighted by Crippen LogP contribution is -2.51. The molecule has 1 saturated heterocycles. The van der Waals surface area contributed by atoms with Crippen LogP contribution in [-0.4, -0.2) is 48.0 Å². The largest absolute Gasteiger partial charge is 0.368 e. The molecule has 7 heteroatoms. The van der Waals surface area contributed by atoms with Crippen molar-refractivity contribution >= 4 is 40.5 Å². The third-order valence-electron chi connectivity index (χ3n) is 4.55. The molecule has 6 nitrogen and oxygen atoms in total. The minimum Gasteiger partial charge on any atom is -0.368 e. The summed E-state index contributed by atoms with van der Waals surface area (Å²) < 4.78 is 0. The summed E-state index contributed by atoms with van der Waals surface area (Å²) in [6.45, 7) is 13.0. The first-order valence-corrected chi connectivity index (χ1v) is 10.2. The van der Waals surface area contributed by atoms with Crippen LogP contribution < -0.4 is 15.5 Å². The Labute approximate surface area is 173 Å². The van der Waals surface area contributed by atoms with Gasteiger partial charge in [0.2, 0.25) is 11.8 Å². The number of hydrogen-bond acceptors (Lipinski definition) is 4. The number of amides is 2. The van der Waals surface area contributed by atoms with Crippen LogP contribution in [0.2, 0.25) is 0 Å². The summed E-state index contributed by atoms with van der Waals surface area (Å²) in [4.78, 5) is 28.4. The molecule has 1 aromatic rings. The van der Waals surface area contributed by atoms with Gasteiger partial charge in [0.15, 0.2) is 5.11 Å². The van der Waals surface area contributed by atoms with Crippen LogP contribution in [0.25, 0.3) is 0 Å². The standard InChI is InChI=1S/C21H32N4O2S/c1-15(2)14-18(26)23-20(28)22-16-6-8-17(9-7-16)24-10-12-25(13-11-24)19(27)21(3,4)5/h6-9,15H,10-14H2,1-5H3,(H2,22,23,26,28). The summed E-state index contributed by atoms with van der Waals surface area (Å²) >= 11 is 5.20. The van der Waals surface area contributed by atoms with Gasteiger partial charge in [-0.1, -0.05) is 34.6 Å². The van der Waals surface area contributed by atoms with E-state index < -0.39 is 0 Å². The fourth-order valence-electron chi connectivity index (χ4n) is 3.11. The lowest BCUT2D eigenvalue weighted by Gasteiger charge is -2.38. The quantitative estimate of drug-likeness (QED) is 0.755. The summed E-state index contributed by atoms with van der Waals surface area (Å²) in [7, 11) is 0. The van der Waals surface area contributed by atoms with Crippen LogP contribution in [0.5, 0.6) is 0 Å². The number of anilines is 2. The van der Waals surface area contributed by atoms with E-state index in [0.717, 1.165) is 37.6 Å². The number of thiocarbonyl (C=S) groups is 1. The highest BCUT2D eigenvalue weighted by molar-refractivity contribution is 7.80. The maximum Gasteiger partial charge on any atom is 0.228 e. The second-order valence-corrected chi connectivity index (χ2v) is 9.08. The first-order chi connectivity index (χ1) is 13.1. The molecule has 28 heavy (non-hydrogen) atoms. The van der Waals surface area contributed by atoms with E-state index in [1.54, 1.807) is 0 Å². The minimum atomic E-state index is -0.335. The number of rotatable bonds is 4. The maximum atomic E-state index is 12.4. The summed E-state index contributed by atoms with van der Waals surface area (Å²) in [6.07, 6.45) is 0.449.